The fourth-order valence-electron chi connectivity index (χ4n) is 2.24. The van der Waals surface area contributed by atoms with Crippen LogP contribution in [0.1, 0.15) is 17.0 Å². The highest BCUT2D eigenvalue weighted by Gasteiger charge is 2.13. The number of nitrogens with zero attached hydrogens (tertiary/aromatic N) is 3. The van der Waals surface area contributed by atoms with E-state index >= 15 is 0 Å². The normalized spacial score (nSPS) is 11.2. The van der Waals surface area contributed by atoms with Crippen LogP contribution in [0.3, 0.4) is 0 Å². The zero-order chi connectivity index (χ0) is 14.3. The molecule has 0 radical (unpaired) electrons. The predicted octanol–water partition coefficient (Wildman–Crippen LogP) is 4.54. The van der Waals surface area contributed by atoms with Crippen molar-refractivity contribution in [2.45, 2.75) is 19.7 Å². The van der Waals surface area contributed by atoms with Crippen LogP contribution in [-0.4, -0.2) is 14.5 Å². The van der Waals surface area contributed by atoms with E-state index in [1.54, 1.807) is 0 Å². The highest BCUT2D eigenvalue weighted by molar-refractivity contribution is 9.10. The molecule has 2 heterocycles. The van der Waals surface area contributed by atoms with Crippen LogP contribution in [0.2, 0.25) is 0 Å². The van der Waals surface area contributed by atoms with Gasteiger partial charge in [0.25, 0.3) is 0 Å². The predicted molar refractivity (Wildman–Crippen MR) is 85.6 cm³/mol. The Morgan fingerprint density at radius 2 is 2.05 bits per heavy atom. The van der Waals surface area contributed by atoms with Crippen LogP contribution < -0.4 is 0 Å². The van der Waals surface area contributed by atoms with Crippen LogP contribution in [0.25, 0.3) is 16.9 Å². The van der Waals surface area contributed by atoms with Crippen molar-refractivity contribution in [1.82, 2.24) is 14.5 Å². The van der Waals surface area contributed by atoms with Crippen molar-refractivity contribution in [3.8, 4) is 5.69 Å². The smallest absolute Gasteiger partial charge is 0.164 e. The number of benzene rings is 1. The molecule has 5 heteroatoms. The maximum atomic E-state index is 6.04. The lowest BCUT2D eigenvalue weighted by molar-refractivity contribution is 0.967. The number of fused-ring (bicyclic) bond motifs is 1. The lowest BCUT2D eigenvalue weighted by atomic mass is 10.2. The Kier molecular flexibility index (Phi) is 3.52. The summed E-state index contributed by atoms with van der Waals surface area (Å²) in [6, 6.07) is 8.20. The van der Waals surface area contributed by atoms with Gasteiger partial charge in [0, 0.05) is 16.4 Å². The molecule has 20 heavy (non-hydrogen) atoms. The monoisotopic (exact) mass is 349 g/mol. The number of alkyl halides is 1. The van der Waals surface area contributed by atoms with Gasteiger partial charge >= 0.3 is 0 Å². The third kappa shape index (κ3) is 2.23. The molecule has 3 rings (SSSR count). The van der Waals surface area contributed by atoms with Crippen molar-refractivity contribution >= 4 is 38.7 Å². The standard InChI is InChI=1S/C15H13BrClN3/c1-9-5-13-15(18-8-9)20(14(7-17)19-13)11-3-4-12(16)10(2)6-11/h3-6,8H,7H2,1-2H3. The van der Waals surface area contributed by atoms with Gasteiger partial charge < -0.3 is 0 Å². The van der Waals surface area contributed by atoms with Crippen LogP contribution in [0.4, 0.5) is 0 Å². The molecule has 0 aliphatic rings. The van der Waals surface area contributed by atoms with E-state index in [1.807, 2.05) is 35.9 Å². The van der Waals surface area contributed by atoms with E-state index in [0.29, 0.717) is 5.88 Å². The van der Waals surface area contributed by atoms with Crippen LogP contribution in [0.5, 0.6) is 0 Å². The molecule has 3 nitrogen and oxygen atoms in total. The molecule has 0 saturated heterocycles. The maximum Gasteiger partial charge on any atom is 0.164 e. The van der Waals surface area contributed by atoms with Gasteiger partial charge in [-0.3, -0.25) is 4.57 Å². The van der Waals surface area contributed by atoms with E-state index < -0.39 is 0 Å². The summed E-state index contributed by atoms with van der Waals surface area (Å²) in [6.45, 7) is 4.07. The second-order valence-corrected chi connectivity index (χ2v) is 5.91. The van der Waals surface area contributed by atoms with Gasteiger partial charge in [-0.15, -0.1) is 11.6 Å². The first-order valence-electron chi connectivity index (χ1n) is 6.26. The molecule has 102 valence electrons. The summed E-state index contributed by atoms with van der Waals surface area (Å²) in [5.41, 5.74) is 5.00. The second kappa shape index (κ2) is 5.19. The zero-order valence-corrected chi connectivity index (χ0v) is 13.5. The zero-order valence-electron chi connectivity index (χ0n) is 11.2. The number of imidazole rings is 1. The Hall–Kier alpha value is -1.39. The highest BCUT2D eigenvalue weighted by Crippen LogP contribution is 2.25. The average molecular weight is 351 g/mol. The molecule has 0 bridgehead atoms. The summed E-state index contributed by atoms with van der Waals surface area (Å²) in [7, 11) is 0. The summed E-state index contributed by atoms with van der Waals surface area (Å²) < 4.78 is 3.10. The molecule has 2 aromatic heterocycles. The SMILES string of the molecule is Cc1cnc2c(c1)nc(CCl)n2-c1ccc(Br)c(C)c1. The number of halogens is 2. The molecular formula is C15H13BrClN3. The van der Waals surface area contributed by atoms with Gasteiger partial charge in [-0.1, -0.05) is 15.9 Å². The first-order valence-corrected chi connectivity index (χ1v) is 7.59. The third-order valence-electron chi connectivity index (χ3n) is 3.22. The largest absolute Gasteiger partial charge is 0.280 e. The van der Waals surface area contributed by atoms with E-state index in [4.69, 9.17) is 11.6 Å². The van der Waals surface area contributed by atoms with Crippen LogP contribution in [0.15, 0.2) is 34.9 Å². The summed E-state index contributed by atoms with van der Waals surface area (Å²) >= 11 is 9.56. The number of aromatic nitrogens is 3. The summed E-state index contributed by atoms with van der Waals surface area (Å²) in [5.74, 6) is 1.16. The van der Waals surface area contributed by atoms with Crippen molar-refractivity contribution in [2.24, 2.45) is 0 Å². The van der Waals surface area contributed by atoms with E-state index in [9.17, 15) is 0 Å². The van der Waals surface area contributed by atoms with Gasteiger partial charge in [0.2, 0.25) is 0 Å². The van der Waals surface area contributed by atoms with Gasteiger partial charge in [-0.05, 0) is 49.2 Å². The fourth-order valence-corrected chi connectivity index (χ4v) is 2.67. The topological polar surface area (TPSA) is 30.7 Å². The van der Waals surface area contributed by atoms with Gasteiger partial charge in [0.05, 0.1) is 5.88 Å². The molecule has 0 atom stereocenters. The number of hydrogen-bond acceptors (Lipinski definition) is 2. The second-order valence-electron chi connectivity index (χ2n) is 4.79. The average Bonchev–Trinajstić information content (AvgIpc) is 2.79. The van der Waals surface area contributed by atoms with Gasteiger partial charge in [-0.2, -0.15) is 0 Å². The molecule has 0 N–H and O–H groups in total. The summed E-state index contributed by atoms with van der Waals surface area (Å²) in [4.78, 5) is 9.09. The minimum Gasteiger partial charge on any atom is -0.280 e. The molecule has 0 amide bonds. The molecule has 0 unspecified atom stereocenters. The first kappa shape index (κ1) is 13.6. The number of hydrogen-bond donors (Lipinski definition) is 0. The number of rotatable bonds is 2. The van der Waals surface area contributed by atoms with Gasteiger partial charge in [0.1, 0.15) is 11.3 Å². The number of aryl methyl sites for hydroxylation is 2. The van der Waals surface area contributed by atoms with Crippen molar-refractivity contribution < 1.29 is 0 Å². The lowest BCUT2D eigenvalue weighted by Gasteiger charge is -2.09. The van der Waals surface area contributed by atoms with E-state index in [2.05, 4.69) is 38.9 Å². The Morgan fingerprint density at radius 1 is 1.25 bits per heavy atom. The Balaban J connectivity index is 2.30. The minimum atomic E-state index is 0.352. The van der Waals surface area contributed by atoms with Crippen molar-refractivity contribution in [3.05, 3.63) is 51.9 Å². The molecule has 0 spiro atoms. The Labute approximate surface area is 130 Å². The molecule has 0 aliphatic heterocycles. The van der Waals surface area contributed by atoms with Gasteiger partial charge in [0.15, 0.2) is 5.65 Å². The Bertz CT molecular complexity index is 795. The van der Waals surface area contributed by atoms with E-state index in [-0.39, 0.29) is 0 Å². The molecule has 0 fully saturated rings. The molecular weight excluding hydrogens is 338 g/mol. The van der Waals surface area contributed by atoms with Gasteiger partial charge in [-0.25, -0.2) is 9.97 Å². The molecule has 1 aromatic carbocycles. The quantitative estimate of drug-likeness (QED) is 0.635. The van der Waals surface area contributed by atoms with Crippen LogP contribution in [-0.2, 0) is 5.88 Å². The fraction of sp³-hybridized carbons (Fsp3) is 0.200. The molecule has 0 aliphatic carbocycles. The van der Waals surface area contributed by atoms with E-state index in [1.165, 1.54) is 0 Å². The Morgan fingerprint density at radius 3 is 2.75 bits per heavy atom. The van der Waals surface area contributed by atoms with Crippen molar-refractivity contribution in [1.29, 1.82) is 0 Å². The third-order valence-corrected chi connectivity index (χ3v) is 4.35. The minimum absolute atomic E-state index is 0.352. The van der Waals surface area contributed by atoms with Crippen LogP contribution >= 0.6 is 27.5 Å². The first-order chi connectivity index (χ1) is 9.60. The highest BCUT2D eigenvalue weighted by atomic mass is 79.9. The molecule has 3 aromatic rings. The van der Waals surface area contributed by atoms with Crippen LogP contribution in [0, 0.1) is 13.8 Å². The van der Waals surface area contributed by atoms with Crippen molar-refractivity contribution in [2.75, 3.05) is 0 Å². The summed E-state index contributed by atoms with van der Waals surface area (Å²) in [6.07, 6.45) is 1.85. The van der Waals surface area contributed by atoms with E-state index in [0.717, 1.165) is 38.3 Å². The maximum absolute atomic E-state index is 6.04. The van der Waals surface area contributed by atoms with Crippen molar-refractivity contribution in [3.63, 3.8) is 0 Å². The summed E-state index contributed by atoms with van der Waals surface area (Å²) in [5, 5.41) is 0. The number of pyridine rings is 1. The molecule has 0 saturated carbocycles. The lowest BCUT2D eigenvalue weighted by Crippen LogP contribution is -2.00.